The van der Waals surface area contributed by atoms with Gasteiger partial charge in [-0.05, 0) is 67.7 Å². The number of halogens is 1. The van der Waals surface area contributed by atoms with Gasteiger partial charge in [-0.25, -0.2) is 4.39 Å². The summed E-state index contributed by atoms with van der Waals surface area (Å²) in [5.74, 6) is 2.63. The van der Waals surface area contributed by atoms with Crippen molar-refractivity contribution in [3.63, 3.8) is 0 Å². The van der Waals surface area contributed by atoms with Crippen molar-refractivity contribution in [2.75, 3.05) is 6.54 Å². The summed E-state index contributed by atoms with van der Waals surface area (Å²) in [7, 11) is 0. The van der Waals surface area contributed by atoms with Gasteiger partial charge in [0.25, 0.3) is 0 Å². The molecule has 2 fully saturated rings. The van der Waals surface area contributed by atoms with E-state index in [4.69, 9.17) is 0 Å². The fourth-order valence-electron chi connectivity index (χ4n) is 4.24. The third-order valence-corrected chi connectivity index (χ3v) is 5.19. The van der Waals surface area contributed by atoms with E-state index in [0.717, 1.165) is 36.3 Å². The van der Waals surface area contributed by atoms with Crippen LogP contribution >= 0.6 is 0 Å². The lowest BCUT2D eigenvalue weighted by atomic mass is 9.99. The van der Waals surface area contributed by atoms with Crippen molar-refractivity contribution in [2.24, 2.45) is 17.8 Å². The Hall–Kier alpha value is -0.890. The summed E-state index contributed by atoms with van der Waals surface area (Å²) in [6.07, 6.45) is 7.82. The zero-order valence-electron chi connectivity index (χ0n) is 12.4. The lowest BCUT2D eigenvalue weighted by Gasteiger charge is -2.19. The molecular formula is C18H26FN. The number of nitrogens with one attached hydrogen (secondary N) is 1. The summed E-state index contributed by atoms with van der Waals surface area (Å²) in [5.41, 5.74) is 1.14. The molecule has 2 saturated carbocycles. The van der Waals surface area contributed by atoms with Crippen LogP contribution in [0.5, 0.6) is 0 Å². The van der Waals surface area contributed by atoms with Crippen molar-refractivity contribution in [1.82, 2.24) is 5.32 Å². The molecule has 2 heteroatoms. The Bertz CT molecular complexity index is 433. The average Bonchev–Trinajstić information content (AvgIpc) is 3.18. The van der Waals surface area contributed by atoms with E-state index in [2.05, 4.69) is 18.3 Å². The topological polar surface area (TPSA) is 12.0 Å². The summed E-state index contributed by atoms with van der Waals surface area (Å²) in [6, 6.07) is 7.68. The van der Waals surface area contributed by atoms with Gasteiger partial charge in [-0.15, -0.1) is 0 Å². The summed E-state index contributed by atoms with van der Waals surface area (Å²) in [4.78, 5) is 0. The van der Waals surface area contributed by atoms with Gasteiger partial charge < -0.3 is 5.32 Å². The van der Waals surface area contributed by atoms with Gasteiger partial charge in [0.1, 0.15) is 5.82 Å². The quantitative estimate of drug-likeness (QED) is 0.821. The summed E-state index contributed by atoms with van der Waals surface area (Å²) in [6.45, 7) is 3.29. The second kappa shape index (κ2) is 6.26. The van der Waals surface area contributed by atoms with E-state index in [1.165, 1.54) is 38.2 Å². The highest BCUT2D eigenvalue weighted by molar-refractivity contribution is 5.19. The SMILES string of the molecule is CCCNC(Cc1cccc(F)c1)C1C2CCCCC21. The molecule has 2 aliphatic carbocycles. The standard InChI is InChI=1S/C18H26FN/c1-2-10-20-17(12-13-6-5-7-14(19)11-13)18-15-8-3-4-9-16(15)18/h5-7,11,15-18,20H,2-4,8-10,12H2,1H3. The third kappa shape index (κ3) is 3.06. The number of fused-ring (bicyclic) bond motifs is 1. The number of hydrogen-bond donors (Lipinski definition) is 1. The van der Waals surface area contributed by atoms with Crippen molar-refractivity contribution >= 4 is 0 Å². The van der Waals surface area contributed by atoms with Crippen LogP contribution in [0.1, 0.15) is 44.6 Å². The Morgan fingerprint density at radius 1 is 1.25 bits per heavy atom. The highest BCUT2D eigenvalue weighted by Gasteiger charge is 2.53. The van der Waals surface area contributed by atoms with Crippen molar-refractivity contribution in [1.29, 1.82) is 0 Å². The van der Waals surface area contributed by atoms with Crippen LogP contribution < -0.4 is 5.32 Å². The molecule has 0 heterocycles. The molecule has 2 aliphatic rings. The van der Waals surface area contributed by atoms with E-state index < -0.39 is 0 Å². The predicted octanol–water partition coefficient (Wildman–Crippen LogP) is 4.17. The minimum absolute atomic E-state index is 0.107. The molecule has 3 atom stereocenters. The van der Waals surface area contributed by atoms with Crippen LogP contribution in [0.15, 0.2) is 24.3 Å². The highest BCUT2D eigenvalue weighted by Crippen LogP contribution is 2.57. The Labute approximate surface area is 122 Å². The minimum atomic E-state index is -0.107. The Morgan fingerprint density at radius 2 is 2.00 bits per heavy atom. The normalized spacial score (nSPS) is 29.8. The first-order chi connectivity index (χ1) is 9.79. The van der Waals surface area contributed by atoms with E-state index in [9.17, 15) is 4.39 Å². The molecule has 0 radical (unpaired) electrons. The second-order valence-corrected chi connectivity index (χ2v) is 6.58. The van der Waals surface area contributed by atoms with Gasteiger partial charge in [0.05, 0.1) is 0 Å². The molecule has 20 heavy (non-hydrogen) atoms. The fraction of sp³-hybridized carbons (Fsp3) is 0.667. The molecule has 0 aliphatic heterocycles. The van der Waals surface area contributed by atoms with E-state index >= 15 is 0 Å². The lowest BCUT2D eigenvalue weighted by molar-refractivity contribution is 0.427. The van der Waals surface area contributed by atoms with E-state index in [-0.39, 0.29) is 5.82 Å². The van der Waals surface area contributed by atoms with Crippen molar-refractivity contribution in [3.8, 4) is 0 Å². The summed E-state index contributed by atoms with van der Waals surface area (Å²) >= 11 is 0. The zero-order valence-corrected chi connectivity index (χ0v) is 12.4. The first-order valence-electron chi connectivity index (χ1n) is 8.27. The van der Waals surface area contributed by atoms with Crippen LogP contribution in [0.2, 0.25) is 0 Å². The molecule has 0 saturated heterocycles. The van der Waals surface area contributed by atoms with Gasteiger partial charge in [0, 0.05) is 6.04 Å². The number of benzene rings is 1. The molecule has 110 valence electrons. The molecule has 1 nitrogen and oxygen atoms in total. The molecule has 3 rings (SSSR count). The van der Waals surface area contributed by atoms with Gasteiger partial charge in [0.15, 0.2) is 0 Å². The summed E-state index contributed by atoms with van der Waals surface area (Å²) in [5, 5.41) is 3.73. The maximum atomic E-state index is 13.4. The monoisotopic (exact) mass is 275 g/mol. The van der Waals surface area contributed by atoms with Gasteiger partial charge in [0.2, 0.25) is 0 Å². The van der Waals surface area contributed by atoms with Crippen LogP contribution in [0, 0.1) is 23.6 Å². The Balaban J connectivity index is 1.67. The third-order valence-electron chi connectivity index (χ3n) is 5.19. The van der Waals surface area contributed by atoms with Crippen LogP contribution in [0.4, 0.5) is 4.39 Å². The first kappa shape index (κ1) is 14.1. The molecule has 0 aromatic heterocycles. The van der Waals surface area contributed by atoms with Crippen molar-refractivity contribution in [2.45, 2.75) is 51.5 Å². The minimum Gasteiger partial charge on any atom is -0.313 e. The van der Waals surface area contributed by atoms with Gasteiger partial charge in [-0.1, -0.05) is 31.9 Å². The van der Waals surface area contributed by atoms with Crippen LogP contribution in [-0.4, -0.2) is 12.6 Å². The number of rotatable bonds is 6. The highest BCUT2D eigenvalue weighted by atomic mass is 19.1. The smallest absolute Gasteiger partial charge is 0.123 e. The molecule has 1 aromatic carbocycles. The van der Waals surface area contributed by atoms with Crippen LogP contribution in [0.25, 0.3) is 0 Å². The lowest BCUT2D eigenvalue weighted by Crippen LogP contribution is -2.34. The average molecular weight is 275 g/mol. The fourth-order valence-corrected chi connectivity index (χ4v) is 4.24. The van der Waals surface area contributed by atoms with Crippen molar-refractivity contribution in [3.05, 3.63) is 35.6 Å². The van der Waals surface area contributed by atoms with E-state index in [1.54, 1.807) is 6.07 Å². The van der Waals surface area contributed by atoms with Crippen molar-refractivity contribution < 1.29 is 4.39 Å². The summed E-state index contributed by atoms with van der Waals surface area (Å²) < 4.78 is 13.4. The predicted molar refractivity (Wildman–Crippen MR) is 81.1 cm³/mol. The molecule has 1 aromatic rings. The maximum absolute atomic E-state index is 13.4. The Morgan fingerprint density at radius 3 is 2.65 bits per heavy atom. The second-order valence-electron chi connectivity index (χ2n) is 6.58. The van der Waals surface area contributed by atoms with Crippen LogP contribution in [0.3, 0.4) is 0 Å². The van der Waals surface area contributed by atoms with Crippen LogP contribution in [-0.2, 0) is 6.42 Å². The maximum Gasteiger partial charge on any atom is 0.123 e. The molecule has 0 spiro atoms. The molecule has 3 unspecified atom stereocenters. The van der Waals surface area contributed by atoms with Gasteiger partial charge >= 0.3 is 0 Å². The molecular weight excluding hydrogens is 249 g/mol. The number of hydrogen-bond acceptors (Lipinski definition) is 1. The first-order valence-corrected chi connectivity index (χ1v) is 8.27. The zero-order chi connectivity index (χ0) is 13.9. The van der Waals surface area contributed by atoms with E-state index in [0.29, 0.717) is 6.04 Å². The Kier molecular flexibility index (Phi) is 4.40. The molecule has 1 N–H and O–H groups in total. The van der Waals surface area contributed by atoms with E-state index in [1.807, 2.05) is 6.07 Å². The molecule has 0 bridgehead atoms. The van der Waals surface area contributed by atoms with Gasteiger partial charge in [-0.2, -0.15) is 0 Å². The van der Waals surface area contributed by atoms with Gasteiger partial charge in [-0.3, -0.25) is 0 Å². The molecule has 0 amide bonds. The largest absolute Gasteiger partial charge is 0.313 e.